The number of esters is 1. The lowest BCUT2D eigenvalue weighted by molar-refractivity contribution is 0.0600. The van der Waals surface area contributed by atoms with Gasteiger partial charge in [0.2, 0.25) is 0 Å². The number of carbonyl (C=O) groups is 1. The first kappa shape index (κ1) is 20.3. The van der Waals surface area contributed by atoms with E-state index < -0.39 is 23.8 Å². The number of benzene rings is 1. The zero-order valence-electron chi connectivity index (χ0n) is 15.5. The van der Waals surface area contributed by atoms with E-state index in [0.717, 1.165) is 6.04 Å². The van der Waals surface area contributed by atoms with Crippen molar-refractivity contribution >= 4 is 23.8 Å². The minimum atomic E-state index is -3.25. The molecule has 0 saturated heterocycles. The SMILES string of the molecule is COC(=O)c1ccc(S(=N)(=O)c2cn(COCC[Si](C)(C)C)cn2)cc1. The van der Waals surface area contributed by atoms with Gasteiger partial charge in [-0.3, -0.25) is 0 Å². The smallest absolute Gasteiger partial charge is 0.337 e. The summed E-state index contributed by atoms with van der Waals surface area (Å²) in [4.78, 5) is 15.9. The molecule has 9 heteroatoms. The maximum Gasteiger partial charge on any atom is 0.337 e. The molecule has 7 nitrogen and oxygen atoms in total. The summed E-state index contributed by atoms with van der Waals surface area (Å²) in [6.45, 7) is 7.84. The second kappa shape index (κ2) is 8.15. The van der Waals surface area contributed by atoms with Crippen molar-refractivity contribution in [2.45, 2.75) is 42.3 Å². The molecule has 0 bridgehead atoms. The predicted molar refractivity (Wildman–Crippen MR) is 102 cm³/mol. The molecule has 1 heterocycles. The summed E-state index contributed by atoms with van der Waals surface area (Å²) in [5.74, 6) is -0.479. The standard InChI is InChI=1S/C17H25N3O4SSi/c1-23-17(21)14-5-7-15(8-6-14)25(18,22)16-11-20(12-19-16)13-24-9-10-26(2,3)4/h5-8,11-12,18H,9-10,13H2,1-4H3. The number of hydrogen-bond acceptors (Lipinski definition) is 6. The summed E-state index contributed by atoms with van der Waals surface area (Å²) in [5.41, 5.74) is 0.341. The van der Waals surface area contributed by atoms with E-state index in [4.69, 9.17) is 9.52 Å². The molecule has 26 heavy (non-hydrogen) atoms. The van der Waals surface area contributed by atoms with Gasteiger partial charge in [-0.05, 0) is 30.3 Å². The van der Waals surface area contributed by atoms with E-state index in [9.17, 15) is 9.00 Å². The van der Waals surface area contributed by atoms with Crippen LogP contribution in [0.1, 0.15) is 10.4 Å². The number of ether oxygens (including phenoxy) is 2. The maximum absolute atomic E-state index is 12.9. The van der Waals surface area contributed by atoms with E-state index in [1.807, 2.05) is 0 Å². The van der Waals surface area contributed by atoms with Gasteiger partial charge in [0.15, 0.2) is 5.03 Å². The molecular formula is C17H25N3O4SSi. The topological polar surface area (TPSA) is 94.3 Å². The molecule has 0 aliphatic heterocycles. The van der Waals surface area contributed by atoms with Gasteiger partial charge in [0.05, 0.1) is 23.9 Å². The third kappa shape index (κ3) is 5.26. The molecule has 0 fully saturated rings. The molecule has 1 unspecified atom stereocenters. The Kier molecular flexibility index (Phi) is 6.38. The molecule has 0 aliphatic carbocycles. The van der Waals surface area contributed by atoms with Crippen molar-refractivity contribution in [3.05, 3.63) is 42.4 Å². The fourth-order valence-corrected chi connectivity index (χ4v) is 4.13. The fraction of sp³-hybridized carbons (Fsp3) is 0.412. The van der Waals surface area contributed by atoms with Gasteiger partial charge >= 0.3 is 5.97 Å². The van der Waals surface area contributed by atoms with Gasteiger partial charge in [-0.15, -0.1) is 0 Å². The molecule has 2 rings (SSSR count). The Morgan fingerprint density at radius 3 is 2.50 bits per heavy atom. The van der Waals surface area contributed by atoms with Crippen LogP contribution in [0.5, 0.6) is 0 Å². The minimum absolute atomic E-state index is 0.164. The van der Waals surface area contributed by atoms with E-state index in [0.29, 0.717) is 18.9 Å². The molecule has 1 aromatic carbocycles. The highest BCUT2D eigenvalue weighted by Gasteiger charge is 2.18. The second-order valence-electron chi connectivity index (χ2n) is 7.15. The molecule has 0 saturated carbocycles. The van der Waals surface area contributed by atoms with Gasteiger partial charge in [0.25, 0.3) is 0 Å². The third-order valence-electron chi connectivity index (χ3n) is 3.75. The molecule has 1 atom stereocenters. The lowest BCUT2D eigenvalue weighted by Crippen LogP contribution is -2.21. The quantitative estimate of drug-likeness (QED) is 0.420. The number of hydrogen-bond donors (Lipinski definition) is 1. The van der Waals surface area contributed by atoms with Crippen LogP contribution in [0.15, 0.2) is 46.7 Å². The van der Waals surface area contributed by atoms with Crippen molar-refractivity contribution in [2.75, 3.05) is 13.7 Å². The van der Waals surface area contributed by atoms with Crippen LogP contribution >= 0.6 is 0 Å². The van der Waals surface area contributed by atoms with Crippen LogP contribution in [0.3, 0.4) is 0 Å². The highest BCUT2D eigenvalue weighted by atomic mass is 32.2. The maximum atomic E-state index is 12.9. The lowest BCUT2D eigenvalue weighted by atomic mass is 10.2. The fourth-order valence-electron chi connectivity index (χ4n) is 2.13. The number of nitrogens with one attached hydrogen (secondary N) is 1. The summed E-state index contributed by atoms with van der Waals surface area (Å²) < 4.78 is 33.0. The Bertz CT molecular complexity index is 855. The zero-order valence-corrected chi connectivity index (χ0v) is 17.3. The van der Waals surface area contributed by atoms with Crippen LogP contribution in [0.4, 0.5) is 0 Å². The Labute approximate surface area is 155 Å². The Balaban J connectivity index is 2.06. The number of aromatic nitrogens is 2. The molecule has 0 radical (unpaired) electrons. The van der Waals surface area contributed by atoms with Gasteiger partial charge in [0.1, 0.15) is 16.5 Å². The van der Waals surface area contributed by atoms with E-state index in [1.54, 1.807) is 10.8 Å². The minimum Gasteiger partial charge on any atom is -0.465 e. The molecule has 0 amide bonds. The number of carbonyl (C=O) groups excluding carboxylic acids is 1. The van der Waals surface area contributed by atoms with E-state index in [1.165, 1.54) is 37.7 Å². The van der Waals surface area contributed by atoms with Gasteiger partial charge in [-0.25, -0.2) is 18.8 Å². The summed E-state index contributed by atoms with van der Waals surface area (Å²) in [6.07, 6.45) is 3.08. The molecule has 0 spiro atoms. The molecular weight excluding hydrogens is 370 g/mol. The summed E-state index contributed by atoms with van der Waals surface area (Å²) >= 11 is 0. The summed E-state index contributed by atoms with van der Waals surface area (Å²) in [6, 6.07) is 7.03. The lowest BCUT2D eigenvalue weighted by Gasteiger charge is -2.15. The first-order chi connectivity index (χ1) is 12.1. The van der Waals surface area contributed by atoms with E-state index in [2.05, 4.69) is 29.4 Å². The highest BCUT2D eigenvalue weighted by molar-refractivity contribution is 7.92. The zero-order chi connectivity index (χ0) is 19.4. The van der Waals surface area contributed by atoms with E-state index in [-0.39, 0.29) is 9.92 Å². The van der Waals surface area contributed by atoms with Crippen molar-refractivity contribution < 1.29 is 18.5 Å². The number of nitrogens with zero attached hydrogens (tertiary/aromatic N) is 2. The Hall–Kier alpha value is -1.97. The molecule has 2 aromatic rings. The third-order valence-corrected chi connectivity index (χ3v) is 7.19. The largest absolute Gasteiger partial charge is 0.465 e. The van der Waals surface area contributed by atoms with Crippen molar-refractivity contribution in [3.8, 4) is 0 Å². The highest BCUT2D eigenvalue weighted by Crippen LogP contribution is 2.21. The first-order valence-electron chi connectivity index (χ1n) is 8.20. The average Bonchev–Trinajstić information content (AvgIpc) is 3.07. The average molecular weight is 396 g/mol. The van der Waals surface area contributed by atoms with Crippen LogP contribution in [0.25, 0.3) is 0 Å². The number of rotatable bonds is 8. The molecule has 0 aliphatic rings. The summed E-state index contributed by atoms with van der Waals surface area (Å²) in [5, 5.41) is 0.164. The Morgan fingerprint density at radius 1 is 1.27 bits per heavy atom. The van der Waals surface area contributed by atoms with Crippen molar-refractivity contribution in [3.63, 3.8) is 0 Å². The van der Waals surface area contributed by atoms with Crippen LogP contribution < -0.4 is 0 Å². The Morgan fingerprint density at radius 2 is 1.92 bits per heavy atom. The number of methoxy groups -OCH3 is 1. The van der Waals surface area contributed by atoms with Crippen molar-refractivity contribution in [1.29, 1.82) is 4.78 Å². The predicted octanol–water partition coefficient (Wildman–Crippen LogP) is 3.45. The van der Waals surface area contributed by atoms with Gasteiger partial charge in [-0.1, -0.05) is 19.6 Å². The monoisotopic (exact) mass is 395 g/mol. The molecule has 1 N–H and O–H groups in total. The van der Waals surface area contributed by atoms with Crippen molar-refractivity contribution in [1.82, 2.24) is 9.55 Å². The van der Waals surface area contributed by atoms with Crippen LogP contribution in [-0.2, 0) is 25.9 Å². The molecule has 1 aromatic heterocycles. The van der Waals surface area contributed by atoms with Gasteiger partial charge in [-0.2, -0.15) is 0 Å². The first-order valence-corrected chi connectivity index (χ1v) is 13.5. The van der Waals surface area contributed by atoms with Crippen LogP contribution in [-0.4, -0.2) is 41.5 Å². The number of imidazole rings is 1. The normalized spacial score (nSPS) is 14.0. The van der Waals surface area contributed by atoms with Gasteiger partial charge in [0, 0.05) is 20.9 Å². The second-order valence-corrected chi connectivity index (χ2v) is 14.8. The van der Waals surface area contributed by atoms with Crippen LogP contribution in [0, 0.1) is 4.78 Å². The summed E-state index contributed by atoms with van der Waals surface area (Å²) in [7, 11) is -3.10. The molecule has 142 valence electrons. The van der Waals surface area contributed by atoms with Crippen LogP contribution in [0.2, 0.25) is 25.7 Å². The van der Waals surface area contributed by atoms with E-state index >= 15 is 0 Å². The van der Waals surface area contributed by atoms with Crippen molar-refractivity contribution in [2.24, 2.45) is 0 Å². The van der Waals surface area contributed by atoms with Gasteiger partial charge < -0.3 is 14.0 Å².